The molecule has 0 radical (unpaired) electrons. The first kappa shape index (κ1) is 18.2. The Kier molecular flexibility index (Phi) is 10.2. The van der Waals surface area contributed by atoms with Crippen LogP contribution in [0.3, 0.4) is 0 Å². The summed E-state index contributed by atoms with van der Waals surface area (Å²) in [6.45, 7) is 8.51. The second-order valence-corrected chi connectivity index (χ2v) is 5.26. The topological polar surface area (TPSA) is 58.1 Å². The van der Waals surface area contributed by atoms with Gasteiger partial charge >= 0.3 is 0 Å². The van der Waals surface area contributed by atoms with Gasteiger partial charge in [0.2, 0.25) is 0 Å². The fourth-order valence-corrected chi connectivity index (χ4v) is 2.60. The number of likely N-dealkylation sites (tertiary alicyclic amines) is 1. The zero-order valence-corrected chi connectivity index (χ0v) is 13.9. The summed E-state index contributed by atoms with van der Waals surface area (Å²) >= 11 is 0. The third kappa shape index (κ3) is 7.64. The van der Waals surface area contributed by atoms with Crippen LogP contribution in [-0.2, 0) is 9.47 Å². The maximum atomic E-state index is 5.43. The molecule has 1 aliphatic rings. The lowest BCUT2D eigenvalue weighted by Gasteiger charge is -2.23. The van der Waals surface area contributed by atoms with Gasteiger partial charge in [-0.05, 0) is 32.4 Å². The van der Waals surface area contributed by atoms with E-state index in [0.29, 0.717) is 19.3 Å². The van der Waals surface area contributed by atoms with Gasteiger partial charge in [-0.3, -0.25) is 9.89 Å². The number of hydrogen-bond donors (Lipinski definition) is 2. The molecular formula is C15H32N4O2. The second-order valence-electron chi connectivity index (χ2n) is 5.26. The molecular weight excluding hydrogens is 268 g/mol. The van der Waals surface area contributed by atoms with Gasteiger partial charge in [0.05, 0.1) is 13.2 Å². The minimum Gasteiger partial charge on any atom is -0.382 e. The number of aliphatic imine (C=N–C) groups is 1. The maximum absolute atomic E-state index is 5.43. The number of likely N-dealkylation sites (N-methyl/N-ethyl adjacent to an activating group) is 1. The van der Waals surface area contributed by atoms with Crippen LogP contribution in [0.5, 0.6) is 0 Å². The molecule has 1 heterocycles. The average Bonchev–Trinajstić information content (AvgIpc) is 2.97. The first-order chi connectivity index (χ1) is 10.3. The van der Waals surface area contributed by atoms with Crippen molar-refractivity contribution in [2.24, 2.45) is 4.99 Å². The minimum atomic E-state index is 0.644. The molecule has 1 unspecified atom stereocenters. The van der Waals surface area contributed by atoms with Crippen molar-refractivity contribution in [2.75, 3.05) is 60.2 Å². The van der Waals surface area contributed by atoms with Gasteiger partial charge in [0.15, 0.2) is 5.96 Å². The largest absolute Gasteiger partial charge is 0.382 e. The highest BCUT2D eigenvalue weighted by Gasteiger charge is 2.22. The lowest BCUT2D eigenvalue weighted by Crippen LogP contribution is -2.45. The van der Waals surface area contributed by atoms with E-state index in [1.54, 1.807) is 7.11 Å². The lowest BCUT2D eigenvalue weighted by molar-refractivity contribution is 0.0698. The Morgan fingerprint density at radius 1 is 1.29 bits per heavy atom. The van der Waals surface area contributed by atoms with Crippen molar-refractivity contribution in [3.63, 3.8) is 0 Å². The summed E-state index contributed by atoms with van der Waals surface area (Å²) < 4.78 is 10.4. The number of nitrogens with zero attached hydrogens (tertiary/aromatic N) is 2. The molecule has 0 spiro atoms. The highest BCUT2D eigenvalue weighted by Crippen LogP contribution is 2.15. The van der Waals surface area contributed by atoms with E-state index < -0.39 is 0 Å². The normalized spacial score (nSPS) is 20.0. The fraction of sp³-hybridized carbons (Fsp3) is 0.933. The average molecular weight is 300 g/mol. The third-order valence-corrected chi connectivity index (χ3v) is 3.82. The number of methoxy groups -OCH3 is 1. The van der Waals surface area contributed by atoms with Crippen LogP contribution < -0.4 is 10.6 Å². The van der Waals surface area contributed by atoms with Crippen LogP contribution in [-0.4, -0.2) is 77.1 Å². The van der Waals surface area contributed by atoms with E-state index in [0.717, 1.165) is 38.6 Å². The van der Waals surface area contributed by atoms with Gasteiger partial charge in [-0.1, -0.05) is 6.92 Å². The van der Waals surface area contributed by atoms with Crippen molar-refractivity contribution >= 4 is 5.96 Å². The monoisotopic (exact) mass is 300 g/mol. The fourth-order valence-electron chi connectivity index (χ4n) is 2.60. The molecule has 1 atom stereocenters. The molecule has 0 bridgehead atoms. The summed E-state index contributed by atoms with van der Waals surface area (Å²) in [5.41, 5.74) is 0. The SMILES string of the molecule is CCN1CCCC1CNC(=NC)NCCCOCCOC. The predicted molar refractivity (Wildman–Crippen MR) is 86.9 cm³/mol. The number of ether oxygens (including phenoxy) is 2. The van der Waals surface area contributed by atoms with Crippen molar-refractivity contribution in [1.82, 2.24) is 15.5 Å². The zero-order valence-electron chi connectivity index (χ0n) is 13.9. The molecule has 0 aromatic heterocycles. The van der Waals surface area contributed by atoms with E-state index in [4.69, 9.17) is 9.47 Å². The molecule has 0 aromatic carbocycles. The van der Waals surface area contributed by atoms with Crippen LogP contribution in [0.2, 0.25) is 0 Å². The molecule has 1 aliphatic heterocycles. The standard InChI is InChI=1S/C15H32N4O2/c1-4-19-9-5-7-14(19)13-18-15(16-2)17-8-6-10-21-12-11-20-3/h14H,4-13H2,1-3H3,(H2,16,17,18). The number of guanidine groups is 1. The van der Waals surface area contributed by atoms with E-state index in [2.05, 4.69) is 27.4 Å². The molecule has 124 valence electrons. The molecule has 0 aromatic rings. The Hall–Kier alpha value is -0.850. The minimum absolute atomic E-state index is 0.644. The highest BCUT2D eigenvalue weighted by atomic mass is 16.5. The van der Waals surface area contributed by atoms with E-state index >= 15 is 0 Å². The molecule has 0 amide bonds. The first-order valence-electron chi connectivity index (χ1n) is 8.07. The zero-order chi connectivity index (χ0) is 15.3. The number of nitrogens with one attached hydrogen (secondary N) is 2. The van der Waals surface area contributed by atoms with Crippen molar-refractivity contribution in [3.05, 3.63) is 0 Å². The maximum Gasteiger partial charge on any atom is 0.191 e. The van der Waals surface area contributed by atoms with Gasteiger partial charge in [0, 0.05) is 39.9 Å². The summed E-state index contributed by atoms with van der Waals surface area (Å²) in [7, 11) is 3.50. The molecule has 21 heavy (non-hydrogen) atoms. The van der Waals surface area contributed by atoms with Gasteiger partial charge < -0.3 is 20.1 Å². The smallest absolute Gasteiger partial charge is 0.191 e. The van der Waals surface area contributed by atoms with Gasteiger partial charge in [0.1, 0.15) is 0 Å². The van der Waals surface area contributed by atoms with E-state index in [-0.39, 0.29) is 0 Å². The van der Waals surface area contributed by atoms with E-state index in [9.17, 15) is 0 Å². The summed E-state index contributed by atoms with van der Waals surface area (Å²) in [6.07, 6.45) is 3.56. The Bertz CT molecular complexity index is 287. The second kappa shape index (κ2) is 11.8. The van der Waals surface area contributed by atoms with Crippen molar-refractivity contribution < 1.29 is 9.47 Å². The van der Waals surface area contributed by atoms with E-state index in [1.807, 2.05) is 7.05 Å². The number of rotatable bonds is 10. The van der Waals surface area contributed by atoms with Crippen LogP contribution in [0.15, 0.2) is 4.99 Å². The van der Waals surface area contributed by atoms with Crippen LogP contribution in [0.4, 0.5) is 0 Å². The van der Waals surface area contributed by atoms with Gasteiger partial charge in [-0.25, -0.2) is 0 Å². The molecule has 2 N–H and O–H groups in total. The van der Waals surface area contributed by atoms with E-state index in [1.165, 1.54) is 19.4 Å². The first-order valence-corrected chi connectivity index (χ1v) is 8.07. The van der Waals surface area contributed by atoms with Gasteiger partial charge in [0.25, 0.3) is 0 Å². The quantitative estimate of drug-likeness (QED) is 0.353. The third-order valence-electron chi connectivity index (χ3n) is 3.82. The Labute approximate surface area is 129 Å². The lowest BCUT2D eigenvalue weighted by atomic mass is 10.2. The summed E-state index contributed by atoms with van der Waals surface area (Å²) in [5, 5.41) is 6.75. The van der Waals surface area contributed by atoms with Crippen LogP contribution in [0, 0.1) is 0 Å². The summed E-state index contributed by atoms with van der Waals surface area (Å²) in [6, 6.07) is 0.644. The van der Waals surface area contributed by atoms with Crippen LogP contribution in [0.25, 0.3) is 0 Å². The molecule has 1 rings (SSSR count). The van der Waals surface area contributed by atoms with Crippen LogP contribution in [0.1, 0.15) is 26.2 Å². The molecule has 1 saturated heterocycles. The van der Waals surface area contributed by atoms with Crippen molar-refractivity contribution in [2.45, 2.75) is 32.2 Å². The van der Waals surface area contributed by atoms with Crippen molar-refractivity contribution in [1.29, 1.82) is 0 Å². The Morgan fingerprint density at radius 2 is 2.14 bits per heavy atom. The molecule has 1 fully saturated rings. The predicted octanol–water partition coefficient (Wildman–Crippen LogP) is 0.689. The highest BCUT2D eigenvalue weighted by molar-refractivity contribution is 5.79. The summed E-state index contributed by atoms with van der Waals surface area (Å²) in [5.74, 6) is 0.884. The van der Waals surface area contributed by atoms with Crippen molar-refractivity contribution in [3.8, 4) is 0 Å². The van der Waals surface area contributed by atoms with Crippen LogP contribution >= 0.6 is 0 Å². The van der Waals surface area contributed by atoms with Gasteiger partial charge in [-0.2, -0.15) is 0 Å². The van der Waals surface area contributed by atoms with Gasteiger partial charge in [-0.15, -0.1) is 0 Å². The number of hydrogen-bond acceptors (Lipinski definition) is 4. The summed E-state index contributed by atoms with van der Waals surface area (Å²) in [4.78, 5) is 6.79. The Morgan fingerprint density at radius 3 is 2.86 bits per heavy atom. The molecule has 6 nitrogen and oxygen atoms in total. The molecule has 6 heteroatoms. The molecule has 0 aliphatic carbocycles. The molecule has 0 saturated carbocycles. The Balaban J connectivity index is 2.06.